The van der Waals surface area contributed by atoms with Gasteiger partial charge in [0.25, 0.3) is 0 Å². The number of carbonyl (C=O) groups excluding carboxylic acids is 1. The van der Waals surface area contributed by atoms with Gasteiger partial charge in [0.15, 0.2) is 0 Å². The Morgan fingerprint density at radius 1 is 0.833 bits per heavy atom. The number of Topliss-reactive ketones (excluding diaryl/α,β-unsaturated/α-hetero) is 1. The highest BCUT2D eigenvalue weighted by atomic mass is 16.1. The van der Waals surface area contributed by atoms with E-state index in [-0.39, 0.29) is 0 Å². The smallest absolute Gasteiger partial charge is 0.134 e. The molecule has 0 N–H and O–H groups in total. The molecular formula is C16H23NO. The fourth-order valence-electron chi connectivity index (χ4n) is 2.40. The van der Waals surface area contributed by atoms with Crippen molar-refractivity contribution < 1.29 is 4.79 Å². The molecule has 0 saturated heterocycles. The number of fused-ring (bicyclic) bond motifs is 11. The van der Waals surface area contributed by atoms with Crippen molar-refractivity contribution in [2.45, 2.75) is 38.5 Å². The molecule has 0 saturated carbocycles. The Labute approximate surface area is 110 Å². The van der Waals surface area contributed by atoms with Gasteiger partial charge < -0.3 is 4.90 Å². The third-order valence-corrected chi connectivity index (χ3v) is 3.75. The van der Waals surface area contributed by atoms with E-state index in [9.17, 15) is 4.79 Å². The van der Waals surface area contributed by atoms with Gasteiger partial charge >= 0.3 is 0 Å². The fraction of sp³-hybridized carbons (Fsp3) is 0.562. The van der Waals surface area contributed by atoms with E-state index in [4.69, 9.17) is 0 Å². The molecule has 2 bridgehead atoms. The Hall–Kier alpha value is -1.15. The molecule has 3 rings (SSSR count). The molecule has 2 aliphatic heterocycles. The van der Waals surface area contributed by atoms with E-state index in [0.717, 1.165) is 45.2 Å². The van der Waals surface area contributed by atoms with Gasteiger partial charge in [-0.05, 0) is 43.9 Å². The molecule has 2 heteroatoms. The standard InChI is InChI=1S/C16H23NO/c1-17-12-10-15-8-6-14(7-9-15)4-2-3-5-16(18)11-13-17/h6-9H,2-5,10-13H2,1H3. The van der Waals surface area contributed by atoms with Crippen molar-refractivity contribution in [1.29, 1.82) is 0 Å². The summed E-state index contributed by atoms with van der Waals surface area (Å²) in [5.41, 5.74) is 2.80. The highest BCUT2D eigenvalue weighted by Gasteiger charge is 2.06. The van der Waals surface area contributed by atoms with E-state index in [1.54, 1.807) is 0 Å². The third-order valence-electron chi connectivity index (χ3n) is 3.75. The molecule has 98 valence electrons. The average molecular weight is 245 g/mol. The first-order valence-corrected chi connectivity index (χ1v) is 7.02. The number of rotatable bonds is 0. The van der Waals surface area contributed by atoms with Crippen LogP contribution in [0.3, 0.4) is 0 Å². The first-order chi connectivity index (χ1) is 8.74. The molecular weight excluding hydrogens is 222 g/mol. The van der Waals surface area contributed by atoms with E-state index in [2.05, 4.69) is 36.2 Å². The normalized spacial score (nSPS) is 19.7. The minimum absolute atomic E-state index is 0.424. The molecule has 0 spiro atoms. The first-order valence-electron chi connectivity index (χ1n) is 7.02. The van der Waals surface area contributed by atoms with Crippen LogP contribution in [0, 0.1) is 0 Å². The SMILES string of the molecule is CN1CCC(=O)CCCCc2ccc(cc2)CC1. The van der Waals surface area contributed by atoms with Crippen LogP contribution >= 0.6 is 0 Å². The molecule has 0 atom stereocenters. The third kappa shape index (κ3) is 4.26. The summed E-state index contributed by atoms with van der Waals surface area (Å²) >= 11 is 0. The summed E-state index contributed by atoms with van der Waals surface area (Å²) in [7, 11) is 2.10. The van der Waals surface area contributed by atoms with Crippen molar-refractivity contribution >= 4 is 5.78 Å². The summed E-state index contributed by atoms with van der Waals surface area (Å²) in [4.78, 5) is 14.0. The summed E-state index contributed by atoms with van der Waals surface area (Å²) in [6.45, 7) is 1.93. The van der Waals surface area contributed by atoms with Gasteiger partial charge in [0.05, 0.1) is 0 Å². The number of carbonyl (C=O) groups is 1. The number of likely N-dealkylation sites (N-methyl/N-ethyl adjacent to an activating group) is 1. The molecule has 18 heavy (non-hydrogen) atoms. The van der Waals surface area contributed by atoms with E-state index < -0.39 is 0 Å². The number of nitrogens with zero attached hydrogens (tertiary/aromatic N) is 1. The predicted molar refractivity (Wildman–Crippen MR) is 74.8 cm³/mol. The molecule has 1 aromatic carbocycles. The molecule has 0 amide bonds. The van der Waals surface area contributed by atoms with E-state index in [0.29, 0.717) is 12.2 Å². The number of ketones is 1. The Morgan fingerprint density at radius 3 is 2.11 bits per heavy atom. The highest BCUT2D eigenvalue weighted by Crippen LogP contribution is 2.11. The molecule has 2 heterocycles. The van der Waals surface area contributed by atoms with Gasteiger partial charge in [0, 0.05) is 25.9 Å². The quantitative estimate of drug-likeness (QED) is 0.700. The molecule has 0 aliphatic carbocycles. The van der Waals surface area contributed by atoms with Crippen LogP contribution in [0.2, 0.25) is 0 Å². The summed E-state index contributed by atoms with van der Waals surface area (Å²) in [5.74, 6) is 0.424. The summed E-state index contributed by atoms with van der Waals surface area (Å²) in [5, 5.41) is 0. The van der Waals surface area contributed by atoms with E-state index in [1.165, 1.54) is 11.1 Å². The van der Waals surface area contributed by atoms with Gasteiger partial charge in [-0.25, -0.2) is 0 Å². The van der Waals surface area contributed by atoms with Crippen molar-refractivity contribution in [1.82, 2.24) is 4.90 Å². The minimum atomic E-state index is 0.424. The lowest BCUT2D eigenvalue weighted by molar-refractivity contribution is -0.119. The van der Waals surface area contributed by atoms with Crippen LogP contribution in [0.1, 0.15) is 36.8 Å². The summed E-state index contributed by atoms with van der Waals surface area (Å²) in [6, 6.07) is 8.98. The highest BCUT2D eigenvalue weighted by molar-refractivity contribution is 5.78. The lowest BCUT2D eigenvalue weighted by atomic mass is 10.0. The second kappa shape index (κ2) is 6.69. The Bertz CT molecular complexity index is 383. The second-order valence-corrected chi connectivity index (χ2v) is 5.37. The van der Waals surface area contributed by atoms with Crippen LogP contribution in [0.4, 0.5) is 0 Å². The van der Waals surface area contributed by atoms with E-state index >= 15 is 0 Å². The topological polar surface area (TPSA) is 20.3 Å². The second-order valence-electron chi connectivity index (χ2n) is 5.37. The van der Waals surface area contributed by atoms with Gasteiger partial charge in [0.2, 0.25) is 0 Å². The maximum Gasteiger partial charge on any atom is 0.134 e. The summed E-state index contributed by atoms with van der Waals surface area (Å²) < 4.78 is 0. The summed E-state index contributed by atoms with van der Waals surface area (Å²) in [6.07, 6.45) is 5.81. The molecule has 0 aromatic heterocycles. The minimum Gasteiger partial charge on any atom is -0.306 e. The van der Waals surface area contributed by atoms with E-state index in [1.807, 2.05) is 0 Å². The van der Waals surface area contributed by atoms with Crippen molar-refractivity contribution in [3.8, 4) is 0 Å². The first kappa shape index (κ1) is 13.3. The maximum absolute atomic E-state index is 11.7. The molecule has 0 fully saturated rings. The van der Waals surface area contributed by atoms with Crippen molar-refractivity contribution in [3.05, 3.63) is 35.4 Å². The molecule has 0 unspecified atom stereocenters. The molecule has 2 nitrogen and oxygen atoms in total. The predicted octanol–water partition coefficient (Wildman–Crippen LogP) is 2.85. The monoisotopic (exact) mass is 245 g/mol. The fourth-order valence-corrected chi connectivity index (χ4v) is 2.40. The van der Waals surface area contributed by atoms with Crippen LogP contribution in [-0.2, 0) is 17.6 Å². The van der Waals surface area contributed by atoms with Crippen molar-refractivity contribution in [2.24, 2.45) is 0 Å². The van der Waals surface area contributed by atoms with Gasteiger partial charge in [-0.2, -0.15) is 0 Å². The molecule has 2 aliphatic rings. The number of hydrogen-bond donors (Lipinski definition) is 0. The van der Waals surface area contributed by atoms with Crippen LogP contribution in [0.5, 0.6) is 0 Å². The van der Waals surface area contributed by atoms with Gasteiger partial charge in [0.1, 0.15) is 5.78 Å². The Morgan fingerprint density at radius 2 is 1.39 bits per heavy atom. The van der Waals surface area contributed by atoms with Crippen molar-refractivity contribution in [3.63, 3.8) is 0 Å². The zero-order valence-corrected chi connectivity index (χ0v) is 11.3. The lowest BCUT2D eigenvalue weighted by Gasteiger charge is -2.16. The van der Waals surface area contributed by atoms with Crippen LogP contribution < -0.4 is 0 Å². The number of hydrogen-bond acceptors (Lipinski definition) is 2. The molecule has 0 radical (unpaired) electrons. The largest absolute Gasteiger partial charge is 0.306 e. The Balaban J connectivity index is 2.01. The van der Waals surface area contributed by atoms with Crippen molar-refractivity contribution in [2.75, 3.05) is 20.1 Å². The number of benzene rings is 1. The average Bonchev–Trinajstić information content (AvgIpc) is 2.39. The van der Waals surface area contributed by atoms with Gasteiger partial charge in [-0.1, -0.05) is 24.3 Å². The van der Waals surface area contributed by atoms with Crippen LogP contribution in [-0.4, -0.2) is 30.8 Å². The van der Waals surface area contributed by atoms with Gasteiger partial charge in [-0.3, -0.25) is 4.79 Å². The van der Waals surface area contributed by atoms with Crippen LogP contribution in [0.15, 0.2) is 24.3 Å². The van der Waals surface area contributed by atoms with Crippen LogP contribution in [0.25, 0.3) is 0 Å². The zero-order chi connectivity index (χ0) is 12.8. The lowest BCUT2D eigenvalue weighted by Crippen LogP contribution is -2.24. The number of aryl methyl sites for hydroxylation is 1. The Kier molecular flexibility index (Phi) is 4.94. The maximum atomic E-state index is 11.7. The zero-order valence-electron chi connectivity index (χ0n) is 11.3. The molecule has 1 aromatic rings. The van der Waals surface area contributed by atoms with Gasteiger partial charge in [-0.15, -0.1) is 0 Å².